The Morgan fingerprint density at radius 2 is 1.92 bits per heavy atom. The third-order valence-corrected chi connectivity index (χ3v) is 6.73. The van der Waals surface area contributed by atoms with E-state index in [4.69, 9.17) is 23.2 Å². The van der Waals surface area contributed by atoms with Crippen LogP contribution in [0.5, 0.6) is 0 Å². The molecule has 0 amide bonds. The number of nitrogens with one attached hydrogen (secondary N) is 1. The molecule has 0 spiro atoms. The van der Waals surface area contributed by atoms with Gasteiger partial charge in [0, 0.05) is 15.4 Å². The Balaban J connectivity index is 1.85. The lowest BCUT2D eigenvalue weighted by Crippen LogP contribution is -2.14. The highest BCUT2D eigenvalue weighted by Crippen LogP contribution is 2.29. The average Bonchev–Trinajstić information content (AvgIpc) is 3.04. The van der Waals surface area contributed by atoms with Gasteiger partial charge >= 0.3 is 0 Å². The Morgan fingerprint density at radius 3 is 2.65 bits per heavy atom. The Morgan fingerprint density at radius 1 is 1.19 bits per heavy atom. The Labute approximate surface area is 165 Å². The summed E-state index contributed by atoms with van der Waals surface area (Å²) in [6.45, 7) is 1.63. The fourth-order valence-electron chi connectivity index (χ4n) is 2.35. The van der Waals surface area contributed by atoms with Crippen molar-refractivity contribution in [1.29, 1.82) is 0 Å². The van der Waals surface area contributed by atoms with Gasteiger partial charge in [0.25, 0.3) is 10.0 Å². The van der Waals surface area contributed by atoms with Crippen LogP contribution in [-0.4, -0.2) is 18.5 Å². The Hall–Kier alpha value is -1.64. The molecule has 0 fully saturated rings. The highest BCUT2D eigenvalue weighted by Gasteiger charge is 2.21. The summed E-state index contributed by atoms with van der Waals surface area (Å²) < 4.78 is 27.6. The van der Waals surface area contributed by atoms with Gasteiger partial charge < -0.3 is 5.11 Å². The zero-order chi connectivity index (χ0) is 18.9. The SMILES string of the molecule is Cc1c(Cl)cccc1S(=O)(=O)Nc1nc(C(O)c2cccc(Cl)c2)cs1. The molecule has 3 rings (SSSR count). The molecule has 3 aromatic rings. The van der Waals surface area contributed by atoms with Crippen LogP contribution in [0.15, 0.2) is 52.7 Å². The zero-order valence-corrected chi connectivity index (χ0v) is 16.6. The van der Waals surface area contributed by atoms with Crippen LogP contribution in [0.2, 0.25) is 10.0 Å². The van der Waals surface area contributed by atoms with Crippen molar-refractivity contribution in [3.8, 4) is 0 Å². The monoisotopic (exact) mass is 428 g/mol. The first kappa shape index (κ1) is 19.1. The number of benzene rings is 2. The number of aromatic nitrogens is 1. The minimum absolute atomic E-state index is 0.0807. The molecule has 1 unspecified atom stereocenters. The molecule has 0 radical (unpaired) electrons. The van der Waals surface area contributed by atoms with Gasteiger partial charge in [0.2, 0.25) is 0 Å². The Bertz CT molecular complexity index is 1050. The van der Waals surface area contributed by atoms with Crippen molar-refractivity contribution in [3.63, 3.8) is 0 Å². The maximum absolute atomic E-state index is 12.6. The summed E-state index contributed by atoms with van der Waals surface area (Å²) in [6.07, 6.45) is -1.00. The normalized spacial score (nSPS) is 12.8. The predicted octanol–water partition coefficient (Wildman–Crippen LogP) is 4.64. The van der Waals surface area contributed by atoms with Gasteiger partial charge in [-0.2, -0.15) is 0 Å². The van der Waals surface area contributed by atoms with E-state index in [1.807, 2.05) is 0 Å². The summed E-state index contributed by atoms with van der Waals surface area (Å²) >= 11 is 13.0. The molecule has 0 saturated carbocycles. The number of sulfonamides is 1. The molecule has 0 aliphatic carbocycles. The quantitative estimate of drug-likeness (QED) is 0.619. The number of rotatable bonds is 5. The second kappa shape index (κ2) is 7.54. The number of halogens is 2. The lowest BCUT2D eigenvalue weighted by Gasteiger charge is -2.10. The van der Waals surface area contributed by atoms with Crippen molar-refractivity contribution in [1.82, 2.24) is 4.98 Å². The van der Waals surface area contributed by atoms with Gasteiger partial charge in [0.15, 0.2) is 5.13 Å². The van der Waals surface area contributed by atoms with E-state index in [2.05, 4.69) is 9.71 Å². The number of anilines is 1. The molecular weight excluding hydrogens is 415 g/mol. The minimum Gasteiger partial charge on any atom is -0.382 e. The first-order valence-electron chi connectivity index (χ1n) is 7.45. The van der Waals surface area contributed by atoms with E-state index in [0.717, 1.165) is 11.3 Å². The minimum atomic E-state index is -3.84. The number of nitrogens with zero attached hydrogens (tertiary/aromatic N) is 1. The average molecular weight is 429 g/mol. The fraction of sp³-hybridized carbons (Fsp3) is 0.118. The van der Waals surface area contributed by atoms with Crippen LogP contribution >= 0.6 is 34.5 Å². The summed E-state index contributed by atoms with van der Waals surface area (Å²) in [6, 6.07) is 11.4. The lowest BCUT2D eigenvalue weighted by molar-refractivity contribution is 0.216. The zero-order valence-electron chi connectivity index (χ0n) is 13.5. The van der Waals surface area contributed by atoms with Gasteiger partial charge in [-0.3, -0.25) is 4.72 Å². The third-order valence-electron chi connectivity index (χ3n) is 3.70. The predicted molar refractivity (Wildman–Crippen MR) is 105 cm³/mol. The third kappa shape index (κ3) is 4.02. The van der Waals surface area contributed by atoms with Crippen molar-refractivity contribution in [2.24, 2.45) is 0 Å². The molecule has 2 aromatic carbocycles. The standard InChI is InChI=1S/C17H14Cl2N2O3S2/c1-10-13(19)6-3-7-15(10)26(23,24)21-17-20-14(9-25-17)16(22)11-4-2-5-12(18)8-11/h2-9,16,22H,1H3,(H,20,21). The summed E-state index contributed by atoms with van der Waals surface area (Å²) in [5.41, 5.74) is 1.36. The molecule has 26 heavy (non-hydrogen) atoms. The van der Waals surface area contributed by atoms with Crippen LogP contribution < -0.4 is 4.72 Å². The molecule has 5 nitrogen and oxygen atoms in total. The van der Waals surface area contributed by atoms with E-state index < -0.39 is 16.1 Å². The number of aliphatic hydroxyl groups excluding tert-OH is 1. The van der Waals surface area contributed by atoms with Crippen molar-refractivity contribution in [2.45, 2.75) is 17.9 Å². The first-order valence-corrected chi connectivity index (χ1v) is 10.6. The number of hydrogen-bond donors (Lipinski definition) is 2. The highest BCUT2D eigenvalue weighted by molar-refractivity contribution is 7.93. The summed E-state index contributed by atoms with van der Waals surface area (Å²) in [5, 5.41) is 13.0. The molecule has 1 aromatic heterocycles. The lowest BCUT2D eigenvalue weighted by atomic mass is 10.1. The van der Waals surface area contributed by atoms with Gasteiger partial charge in [0.1, 0.15) is 6.10 Å². The van der Waals surface area contributed by atoms with E-state index in [9.17, 15) is 13.5 Å². The number of aliphatic hydroxyl groups is 1. The van der Waals surface area contributed by atoms with Gasteiger partial charge in [-0.25, -0.2) is 13.4 Å². The second-order valence-electron chi connectivity index (χ2n) is 5.50. The first-order chi connectivity index (χ1) is 12.3. The maximum Gasteiger partial charge on any atom is 0.263 e. The molecule has 1 heterocycles. The van der Waals surface area contributed by atoms with Crippen LogP contribution in [0.25, 0.3) is 0 Å². The highest BCUT2D eigenvalue weighted by atomic mass is 35.5. The summed E-state index contributed by atoms with van der Waals surface area (Å²) in [7, 11) is -3.84. The van der Waals surface area contributed by atoms with Gasteiger partial charge in [0.05, 0.1) is 10.6 Å². The molecule has 2 N–H and O–H groups in total. The van der Waals surface area contributed by atoms with Gasteiger partial charge in [-0.05, 0) is 42.3 Å². The maximum atomic E-state index is 12.6. The number of thiazole rings is 1. The molecule has 0 bridgehead atoms. The molecular formula is C17H14Cl2N2O3S2. The van der Waals surface area contributed by atoms with Crippen LogP contribution in [0.4, 0.5) is 5.13 Å². The molecule has 9 heteroatoms. The largest absolute Gasteiger partial charge is 0.382 e. The fourth-order valence-corrected chi connectivity index (χ4v) is 5.03. The van der Waals surface area contributed by atoms with Gasteiger partial charge in [-0.15, -0.1) is 11.3 Å². The van der Waals surface area contributed by atoms with Crippen molar-refractivity contribution in [3.05, 3.63) is 74.7 Å². The van der Waals surface area contributed by atoms with Crippen LogP contribution in [0.3, 0.4) is 0 Å². The number of hydrogen-bond acceptors (Lipinski definition) is 5. The van der Waals surface area contributed by atoms with E-state index in [-0.39, 0.29) is 10.0 Å². The van der Waals surface area contributed by atoms with Crippen LogP contribution in [0.1, 0.15) is 22.9 Å². The Kier molecular flexibility index (Phi) is 5.55. The molecule has 1 atom stereocenters. The van der Waals surface area contributed by atoms with E-state index >= 15 is 0 Å². The van der Waals surface area contributed by atoms with E-state index in [1.165, 1.54) is 6.07 Å². The summed E-state index contributed by atoms with van der Waals surface area (Å²) in [5.74, 6) is 0. The smallest absolute Gasteiger partial charge is 0.263 e. The van der Waals surface area contributed by atoms with E-state index in [1.54, 1.807) is 48.7 Å². The summed E-state index contributed by atoms with van der Waals surface area (Å²) in [4.78, 5) is 4.26. The van der Waals surface area contributed by atoms with Gasteiger partial charge in [-0.1, -0.05) is 41.4 Å². The van der Waals surface area contributed by atoms with E-state index in [0.29, 0.717) is 26.9 Å². The molecule has 136 valence electrons. The molecule has 0 aliphatic rings. The topological polar surface area (TPSA) is 79.3 Å². The van der Waals surface area contributed by atoms with Crippen molar-refractivity contribution < 1.29 is 13.5 Å². The second-order valence-corrected chi connectivity index (χ2v) is 8.86. The van der Waals surface area contributed by atoms with Crippen LogP contribution in [0, 0.1) is 6.92 Å². The van der Waals surface area contributed by atoms with Crippen LogP contribution in [-0.2, 0) is 10.0 Å². The molecule has 0 saturated heterocycles. The van der Waals surface area contributed by atoms with Crippen molar-refractivity contribution in [2.75, 3.05) is 4.72 Å². The van der Waals surface area contributed by atoms with Crippen molar-refractivity contribution >= 4 is 49.7 Å². The molecule has 0 aliphatic heterocycles.